The minimum absolute atomic E-state index is 0.0462. The summed E-state index contributed by atoms with van der Waals surface area (Å²) in [6.45, 7) is 4.23. The predicted molar refractivity (Wildman–Crippen MR) is 107 cm³/mol. The minimum Gasteiger partial charge on any atom is -0.480 e. The van der Waals surface area contributed by atoms with Gasteiger partial charge >= 0.3 is 5.97 Å². The van der Waals surface area contributed by atoms with E-state index in [1.807, 2.05) is 16.8 Å². The molecule has 2 saturated heterocycles. The van der Waals surface area contributed by atoms with Gasteiger partial charge in [0.25, 0.3) is 0 Å². The quantitative estimate of drug-likeness (QED) is 0.840. The van der Waals surface area contributed by atoms with Crippen molar-refractivity contribution >= 4 is 11.9 Å². The third-order valence-corrected chi connectivity index (χ3v) is 6.06. The van der Waals surface area contributed by atoms with Gasteiger partial charge in [-0.1, -0.05) is 29.8 Å². The Hall–Kier alpha value is -1.92. The van der Waals surface area contributed by atoms with Crippen LogP contribution >= 0.6 is 0 Å². The summed E-state index contributed by atoms with van der Waals surface area (Å²) in [5.74, 6) is -0.753. The first-order valence-corrected chi connectivity index (χ1v) is 10.3. The Bertz CT molecular complexity index is 676. The summed E-state index contributed by atoms with van der Waals surface area (Å²) in [5.41, 5.74) is 2.28. The Morgan fingerprint density at radius 2 is 1.89 bits per heavy atom. The van der Waals surface area contributed by atoms with Gasteiger partial charge in [0.15, 0.2) is 0 Å². The molecule has 0 aliphatic carbocycles. The third kappa shape index (κ3) is 5.11. The van der Waals surface area contributed by atoms with Gasteiger partial charge in [0.1, 0.15) is 0 Å². The molecule has 154 valence electrons. The number of benzene rings is 1. The highest BCUT2D eigenvalue weighted by atomic mass is 16.5. The molecule has 0 bridgehead atoms. The van der Waals surface area contributed by atoms with E-state index >= 15 is 0 Å². The molecule has 3 atom stereocenters. The molecule has 2 heterocycles. The van der Waals surface area contributed by atoms with E-state index in [1.165, 1.54) is 5.56 Å². The van der Waals surface area contributed by atoms with Crippen LogP contribution in [0.1, 0.15) is 49.3 Å². The summed E-state index contributed by atoms with van der Waals surface area (Å²) in [5, 5.41) is 9.03. The molecule has 0 aromatic heterocycles. The Labute approximate surface area is 167 Å². The van der Waals surface area contributed by atoms with Gasteiger partial charge < -0.3 is 14.7 Å². The molecule has 28 heavy (non-hydrogen) atoms. The number of likely N-dealkylation sites (N-methyl/N-ethyl adjacent to an activating group) is 1. The number of carbonyl (C=O) groups is 2. The van der Waals surface area contributed by atoms with Crippen molar-refractivity contribution in [3.63, 3.8) is 0 Å². The maximum Gasteiger partial charge on any atom is 0.317 e. The van der Waals surface area contributed by atoms with E-state index in [0.717, 1.165) is 44.2 Å². The normalized spacial score (nSPS) is 26.1. The summed E-state index contributed by atoms with van der Waals surface area (Å²) in [4.78, 5) is 28.2. The molecule has 2 fully saturated rings. The molecule has 0 spiro atoms. The average Bonchev–Trinajstić information content (AvgIpc) is 2.94. The van der Waals surface area contributed by atoms with E-state index in [1.54, 1.807) is 0 Å². The van der Waals surface area contributed by atoms with Crippen LogP contribution in [0.2, 0.25) is 0 Å². The van der Waals surface area contributed by atoms with E-state index in [2.05, 4.69) is 31.2 Å². The summed E-state index contributed by atoms with van der Waals surface area (Å²) in [6.07, 6.45) is 4.25. The first-order valence-electron chi connectivity index (χ1n) is 10.3. The van der Waals surface area contributed by atoms with Gasteiger partial charge in [-0.3, -0.25) is 14.5 Å². The van der Waals surface area contributed by atoms with Crippen molar-refractivity contribution in [1.82, 2.24) is 9.80 Å². The van der Waals surface area contributed by atoms with Gasteiger partial charge in [-0.05, 0) is 51.6 Å². The molecule has 1 aromatic rings. The Balaban J connectivity index is 1.66. The second-order valence-corrected chi connectivity index (χ2v) is 8.17. The zero-order valence-corrected chi connectivity index (χ0v) is 17.0. The van der Waals surface area contributed by atoms with Gasteiger partial charge in [0, 0.05) is 25.7 Å². The number of nitrogens with zero attached hydrogens (tertiary/aromatic N) is 2. The first-order chi connectivity index (χ1) is 13.5. The fraction of sp³-hybridized carbons (Fsp3) is 0.636. The number of carbonyl (C=O) groups excluding carboxylic acids is 1. The molecule has 1 aromatic carbocycles. The Morgan fingerprint density at radius 3 is 2.61 bits per heavy atom. The van der Waals surface area contributed by atoms with Crippen LogP contribution in [0.15, 0.2) is 24.3 Å². The molecule has 0 saturated carbocycles. The highest BCUT2D eigenvalue weighted by Crippen LogP contribution is 2.35. The molecule has 3 rings (SSSR count). The van der Waals surface area contributed by atoms with Gasteiger partial charge in [-0.15, -0.1) is 0 Å². The van der Waals surface area contributed by atoms with Crippen molar-refractivity contribution < 1.29 is 19.4 Å². The van der Waals surface area contributed by atoms with Gasteiger partial charge in [-0.2, -0.15) is 0 Å². The predicted octanol–water partition coefficient (Wildman–Crippen LogP) is 2.86. The van der Waals surface area contributed by atoms with Crippen LogP contribution in [-0.4, -0.2) is 66.1 Å². The van der Waals surface area contributed by atoms with Crippen molar-refractivity contribution in [2.75, 3.05) is 33.3 Å². The summed E-state index contributed by atoms with van der Waals surface area (Å²) >= 11 is 0. The molecular formula is C22H32N2O4. The number of ether oxygens (including phenoxy) is 1. The lowest BCUT2D eigenvalue weighted by Gasteiger charge is -2.35. The zero-order chi connectivity index (χ0) is 20.1. The fourth-order valence-corrected chi connectivity index (χ4v) is 4.44. The largest absolute Gasteiger partial charge is 0.480 e. The maximum absolute atomic E-state index is 13.3. The monoisotopic (exact) mass is 388 g/mol. The van der Waals surface area contributed by atoms with E-state index in [0.29, 0.717) is 13.2 Å². The van der Waals surface area contributed by atoms with Crippen molar-refractivity contribution in [1.29, 1.82) is 0 Å². The van der Waals surface area contributed by atoms with Crippen LogP contribution in [0.4, 0.5) is 0 Å². The van der Waals surface area contributed by atoms with Crippen molar-refractivity contribution in [3.8, 4) is 0 Å². The van der Waals surface area contributed by atoms with Gasteiger partial charge in [0.05, 0.1) is 18.6 Å². The van der Waals surface area contributed by atoms with Crippen LogP contribution in [0.3, 0.4) is 0 Å². The third-order valence-electron chi connectivity index (χ3n) is 6.06. The number of hydrogen-bond donors (Lipinski definition) is 1. The lowest BCUT2D eigenvalue weighted by Crippen LogP contribution is -2.42. The smallest absolute Gasteiger partial charge is 0.317 e. The number of likely N-dealkylation sites (tertiary alicyclic amines) is 1. The van der Waals surface area contributed by atoms with Gasteiger partial charge in [0.2, 0.25) is 5.91 Å². The summed E-state index contributed by atoms with van der Waals surface area (Å²) < 4.78 is 6.04. The van der Waals surface area contributed by atoms with Crippen LogP contribution in [-0.2, 0) is 14.3 Å². The number of hydrogen-bond acceptors (Lipinski definition) is 4. The summed E-state index contributed by atoms with van der Waals surface area (Å²) in [6, 6.07) is 8.51. The zero-order valence-electron chi connectivity index (χ0n) is 17.0. The second kappa shape index (κ2) is 9.52. The van der Waals surface area contributed by atoms with E-state index in [-0.39, 0.29) is 30.5 Å². The second-order valence-electron chi connectivity index (χ2n) is 8.17. The maximum atomic E-state index is 13.3. The van der Waals surface area contributed by atoms with Crippen molar-refractivity contribution in [2.24, 2.45) is 5.92 Å². The molecule has 2 aliphatic heterocycles. The van der Waals surface area contributed by atoms with Crippen molar-refractivity contribution in [2.45, 2.75) is 51.2 Å². The van der Waals surface area contributed by atoms with Crippen LogP contribution in [0.25, 0.3) is 0 Å². The van der Waals surface area contributed by atoms with Crippen LogP contribution in [0, 0.1) is 12.8 Å². The molecule has 6 nitrogen and oxygen atoms in total. The molecular weight excluding hydrogens is 356 g/mol. The molecule has 3 unspecified atom stereocenters. The number of carboxylic acids is 1. The van der Waals surface area contributed by atoms with E-state index in [4.69, 9.17) is 9.84 Å². The lowest BCUT2D eigenvalue weighted by atomic mass is 9.88. The lowest BCUT2D eigenvalue weighted by molar-refractivity contribution is -0.145. The number of aliphatic carboxylic acids is 1. The van der Waals surface area contributed by atoms with Crippen LogP contribution < -0.4 is 0 Å². The Morgan fingerprint density at radius 1 is 1.14 bits per heavy atom. The number of carboxylic acid groups (broad SMARTS) is 1. The number of amides is 1. The molecule has 0 radical (unpaired) electrons. The fourth-order valence-electron chi connectivity index (χ4n) is 4.44. The summed E-state index contributed by atoms with van der Waals surface area (Å²) in [7, 11) is 1.86. The van der Waals surface area contributed by atoms with Crippen molar-refractivity contribution in [3.05, 3.63) is 35.4 Å². The molecule has 1 amide bonds. The van der Waals surface area contributed by atoms with E-state index in [9.17, 15) is 9.59 Å². The first kappa shape index (κ1) is 20.8. The molecule has 1 N–H and O–H groups in total. The van der Waals surface area contributed by atoms with Crippen LogP contribution in [0.5, 0.6) is 0 Å². The standard InChI is InChI=1S/C22H32N2O4/c1-16-7-9-17(10-8-16)21-19(6-4-14-28-21)22(27)24-12-3-5-18(11-13-24)23(2)15-20(25)26/h7-10,18-19,21H,3-6,11-15H2,1-2H3,(H,25,26). The SMILES string of the molecule is Cc1ccc(C2OCCCC2C(=O)N2CCCC(N(C)CC(=O)O)CC2)cc1. The number of aryl methyl sites for hydroxylation is 1. The highest BCUT2D eigenvalue weighted by Gasteiger charge is 2.36. The van der Waals surface area contributed by atoms with E-state index < -0.39 is 5.97 Å². The highest BCUT2D eigenvalue weighted by molar-refractivity contribution is 5.80. The Kier molecular flexibility index (Phi) is 7.08. The minimum atomic E-state index is -0.806. The van der Waals surface area contributed by atoms with Gasteiger partial charge in [-0.25, -0.2) is 0 Å². The topological polar surface area (TPSA) is 70.1 Å². The average molecular weight is 389 g/mol. The molecule has 6 heteroatoms. The molecule has 2 aliphatic rings. The number of rotatable bonds is 5.